The van der Waals surface area contributed by atoms with Gasteiger partial charge in [-0.15, -0.1) is 11.3 Å². The predicted octanol–water partition coefficient (Wildman–Crippen LogP) is 4.17. The molecule has 0 aliphatic heterocycles. The fourth-order valence-electron chi connectivity index (χ4n) is 2.08. The van der Waals surface area contributed by atoms with Gasteiger partial charge in [-0.3, -0.25) is 0 Å². The minimum atomic E-state index is 0.717. The van der Waals surface area contributed by atoms with Crippen LogP contribution < -0.4 is 0 Å². The van der Waals surface area contributed by atoms with Crippen molar-refractivity contribution in [3.8, 4) is 11.3 Å². The summed E-state index contributed by atoms with van der Waals surface area (Å²) < 4.78 is 0. The summed E-state index contributed by atoms with van der Waals surface area (Å²) in [6.45, 7) is 6.42. The molecule has 0 radical (unpaired) electrons. The van der Waals surface area contributed by atoms with E-state index in [4.69, 9.17) is 0 Å². The number of thiol groups is 1. The Balaban J connectivity index is 2.55. The molecule has 0 unspecified atom stereocenters. The van der Waals surface area contributed by atoms with E-state index in [0.29, 0.717) is 5.75 Å². The molecular weight excluding hydrogens is 234 g/mol. The molecule has 1 aromatic heterocycles. The molecule has 0 fully saturated rings. The van der Waals surface area contributed by atoms with Crippen LogP contribution in [0.2, 0.25) is 0 Å². The number of aromatic nitrogens is 1. The number of aryl methyl sites for hydroxylation is 3. The molecule has 0 saturated carbocycles. The molecule has 0 atom stereocenters. The maximum absolute atomic E-state index is 4.59. The summed E-state index contributed by atoms with van der Waals surface area (Å²) in [4.78, 5) is 4.59. The van der Waals surface area contributed by atoms with Crippen LogP contribution >= 0.6 is 24.0 Å². The highest BCUT2D eigenvalue weighted by Gasteiger charge is 2.09. The van der Waals surface area contributed by atoms with Crippen molar-refractivity contribution < 1.29 is 0 Å². The van der Waals surface area contributed by atoms with Gasteiger partial charge < -0.3 is 0 Å². The van der Waals surface area contributed by atoms with E-state index in [1.807, 2.05) is 0 Å². The maximum atomic E-state index is 4.59. The molecule has 16 heavy (non-hydrogen) atoms. The van der Waals surface area contributed by atoms with Gasteiger partial charge in [-0.2, -0.15) is 12.6 Å². The number of thiazole rings is 1. The average molecular weight is 249 g/mol. The highest BCUT2D eigenvalue weighted by atomic mass is 32.1. The van der Waals surface area contributed by atoms with Crippen LogP contribution in [0.1, 0.15) is 21.7 Å². The largest absolute Gasteiger partial charge is 0.240 e. The zero-order valence-corrected chi connectivity index (χ0v) is 11.5. The van der Waals surface area contributed by atoms with Crippen LogP contribution in [0.15, 0.2) is 17.5 Å². The van der Waals surface area contributed by atoms with Crippen molar-refractivity contribution in [3.63, 3.8) is 0 Å². The van der Waals surface area contributed by atoms with Crippen molar-refractivity contribution in [2.24, 2.45) is 0 Å². The minimum Gasteiger partial charge on any atom is -0.240 e. The summed E-state index contributed by atoms with van der Waals surface area (Å²) >= 11 is 5.93. The van der Waals surface area contributed by atoms with Gasteiger partial charge in [0.15, 0.2) is 0 Å². The summed E-state index contributed by atoms with van der Waals surface area (Å²) in [6.07, 6.45) is 0. The second kappa shape index (κ2) is 4.60. The molecule has 1 nitrogen and oxygen atoms in total. The van der Waals surface area contributed by atoms with E-state index in [9.17, 15) is 0 Å². The maximum Gasteiger partial charge on any atom is 0.103 e. The van der Waals surface area contributed by atoms with E-state index in [1.54, 1.807) is 11.3 Å². The third-order valence-electron chi connectivity index (χ3n) is 2.62. The van der Waals surface area contributed by atoms with Gasteiger partial charge in [-0.05, 0) is 31.9 Å². The third kappa shape index (κ3) is 2.15. The van der Waals surface area contributed by atoms with Crippen LogP contribution in [0, 0.1) is 20.8 Å². The topological polar surface area (TPSA) is 12.9 Å². The van der Waals surface area contributed by atoms with Crippen molar-refractivity contribution in [2.75, 3.05) is 0 Å². The lowest BCUT2D eigenvalue weighted by Gasteiger charge is -2.08. The van der Waals surface area contributed by atoms with Crippen molar-refractivity contribution >= 4 is 24.0 Å². The van der Waals surface area contributed by atoms with Crippen molar-refractivity contribution in [2.45, 2.75) is 26.5 Å². The van der Waals surface area contributed by atoms with E-state index in [1.165, 1.54) is 22.3 Å². The lowest BCUT2D eigenvalue weighted by atomic mass is 9.98. The molecule has 0 amide bonds. The van der Waals surface area contributed by atoms with Gasteiger partial charge in [-0.1, -0.05) is 17.7 Å². The summed E-state index contributed by atoms with van der Waals surface area (Å²) in [5.74, 6) is 0.717. The first-order valence-corrected chi connectivity index (χ1v) is 6.76. The third-order valence-corrected chi connectivity index (χ3v) is 3.98. The number of hydrogen-bond donors (Lipinski definition) is 1. The Morgan fingerprint density at radius 1 is 1.19 bits per heavy atom. The van der Waals surface area contributed by atoms with Crippen LogP contribution in [0.5, 0.6) is 0 Å². The second-order valence-corrected chi connectivity index (χ2v) is 5.32. The molecule has 2 rings (SSSR count). The van der Waals surface area contributed by atoms with Gasteiger partial charge in [0, 0.05) is 16.7 Å². The van der Waals surface area contributed by atoms with Gasteiger partial charge in [0.2, 0.25) is 0 Å². The quantitative estimate of drug-likeness (QED) is 0.788. The fourth-order valence-corrected chi connectivity index (χ4v) is 3.02. The molecule has 0 spiro atoms. The Kier molecular flexibility index (Phi) is 3.36. The zero-order valence-electron chi connectivity index (χ0n) is 9.74. The van der Waals surface area contributed by atoms with Crippen LogP contribution in [0.3, 0.4) is 0 Å². The molecule has 0 saturated heterocycles. The Morgan fingerprint density at radius 2 is 1.81 bits per heavy atom. The first-order valence-electron chi connectivity index (χ1n) is 5.25. The highest BCUT2D eigenvalue weighted by molar-refractivity contribution is 7.79. The molecule has 0 aliphatic carbocycles. The lowest BCUT2D eigenvalue weighted by molar-refractivity contribution is 1.24. The summed E-state index contributed by atoms with van der Waals surface area (Å²) in [5, 5.41) is 3.20. The summed E-state index contributed by atoms with van der Waals surface area (Å²) in [5.41, 5.74) is 6.27. The minimum absolute atomic E-state index is 0.717. The Bertz CT molecular complexity index is 491. The van der Waals surface area contributed by atoms with Crippen molar-refractivity contribution in [1.29, 1.82) is 0 Å². The standard InChI is InChI=1S/C13H15NS2/c1-8-4-9(2)13(10(3)5-8)11-7-16-12(6-15)14-11/h4-5,7,15H,6H2,1-3H3. The average Bonchev–Trinajstić information content (AvgIpc) is 2.64. The van der Waals surface area contributed by atoms with Crippen LogP contribution in [0.25, 0.3) is 11.3 Å². The van der Waals surface area contributed by atoms with Crippen LogP contribution in [0.4, 0.5) is 0 Å². The summed E-state index contributed by atoms with van der Waals surface area (Å²) in [7, 11) is 0. The van der Waals surface area contributed by atoms with Crippen LogP contribution in [-0.2, 0) is 5.75 Å². The molecule has 2 aromatic rings. The van der Waals surface area contributed by atoms with Crippen LogP contribution in [-0.4, -0.2) is 4.98 Å². The molecule has 84 valence electrons. The van der Waals surface area contributed by atoms with E-state index in [2.05, 4.69) is 55.9 Å². The first kappa shape index (κ1) is 11.7. The monoisotopic (exact) mass is 249 g/mol. The normalized spacial score (nSPS) is 10.8. The van der Waals surface area contributed by atoms with E-state index < -0.39 is 0 Å². The van der Waals surface area contributed by atoms with Gasteiger partial charge in [0.1, 0.15) is 5.01 Å². The van der Waals surface area contributed by atoms with Gasteiger partial charge in [-0.25, -0.2) is 4.98 Å². The summed E-state index contributed by atoms with van der Waals surface area (Å²) in [6, 6.07) is 4.42. The fraction of sp³-hybridized carbons (Fsp3) is 0.308. The molecule has 3 heteroatoms. The number of benzene rings is 1. The Morgan fingerprint density at radius 3 is 2.31 bits per heavy atom. The lowest BCUT2D eigenvalue weighted by Crippen LogP contribution is -1.90. The predicted molar refractivity (Wildman–Crippen MR) is 74.5 cm³/mol. The molecular formula is C13H15NS2. The van der Waals surface area contributed by atoms with Crippen molar-refractivity contribution in [3.05, 3.63) is 39.2 Å². The molecule has 0 bridgehead atoms. The van der Waals surface area contributed by atoms with E-state index in [-0.39, 0.29) is 0 Å². The number of nitrogens with zero attached hydrogens (tertiary/aromatic N) is 1. The molecule has 1 aromatic carbocycles. The zero-order chi connectivity index (χ0) is 11.7. The molecule has 1 heterocycles. The number of hydrogen-bond acceptors (Lipinski definition) is 3. The van der Waals surface area contributed by atoms with Gasteiger partial charge in [0.25, 0.3) is 0 Å². The number of rotatable bonds is 2. The van der Waals surface area contributed by atoms with Gasteiger partial charge >= 0.3 is 0 Å². The smallest absolute Gasteiger partial charge is 0.103 e. The first-order chi connectivity index (χ1) is 7.61. The molecule has 0 aliphatic rings. The van der Waals surface area contributed by atoms with E-state index >= 15 is 0 Å². The van der Waals surface area contributed by atoms with Gasteiger partial charge in [0.05, 0.1) is 5.69 Å². The second-order valence-electron chi connectivity index (χ2n) is 4.06. The SMILES string of the molecule is Cc1cc(C)c(-c2csc(CS)n2)c(C)c1. The highest BCUT2D eigenvalue weighted by Crippen LogP contribution is 2.29. The van der Waals surface area contributed by atoms with E-state index in [0.717, 1.165) is 10.7 Å². The molecule has 0 N–H and O–H groups in total. The Hall–Kier alpha value is -0.800. The Labute approximate surface area is 106 Å². The van der Waals surface area contributed by atoms with Crippen molar-refractivity contribution in [1.82, 2.24) is 4.98 Å².